The van der Waals surface area contributed by atoms with E-state index in [-0.39, 0.29) is 27.7 Å². The van der Waals surface area contributed by atoms with Crippen LogP contribution >= 0.6 is 11.8 Å². The number of amides is 1. The van der Waals surface area contributed by atoms with Crippen LogP contribution in [0.4, 0.5) is 18.9 Å². The van der Waals surface area contributed by atoms with Crippen LogP contribution in [0, 0.1) is 17.5 Å². The topological polar surface area (TPSA) is 64.0 Å². The molecule has 0 bridgehead atoms. The molecule has 0 saturated carbocycles. The molecule has 156 valence electrons. The number of aromatic nitrogens is 2. The smallest absolute Gasteiger partial charge is 0.266 e. The molecular weight excluding hydrogens is 427 g/mol. The minimum atomic E-state index is -0.947. The molecule has 4 aromatic rings. The third kappa shape index (κ3) is 4.31. The first-order valence-corrected chi connectivity index (χ1v) is 10.1. The number of para-hydroxylation sites is 2. The van der Waals surface area contributed by atoms with Gasteiger partial charge in [0, 0.05) is 6.07 Å². The summed E-state index contributed by atoms with van der Waals surface area (Å²) in [5.41, 5.74) is -0.375. The SMILES string of the molecule is O=C(CSc1nc2ccccc2c(=O)n1-c1ccc(F)cc1F)Nc1ccccc1F. The van der Waals surface area contributed by atoms with Crippen LogP contribution in [0.5, 0.6) is 0 Å². The van der Waals surface area contributed by atoms with Gasteiger partial charge in [-0.2, -0.15) is 0 Å². The third-order valence-corrected chi connectivity index (χ3v) is 5.31. The monoisotopic (exact) mass is 441 g/mol. The van der Waals surface area contributed by atoms with Crippen LogP contribution in [0.2, 0.25) is 0 Å². The highest BCUT2D eigenvalue weighted by molar-refractivity contribution is 7.99. The molecule has 1 heterocycles. The molecule has 0 saturated heterocycles. The molecule has 0 unspecified atom stereocenters. The Morgan fingerprint density at radius 1 is 0.968 bits per heavy atom. The van der Waals surface area contributed by atoms with Gasteiger partial charge < -0.3 is 5.32 Å². The lowest BCUT2D eigenvalue weighted by atomic mass is 10.2. The Morgan fingerprint density at radius 3 is 2.48 bits per heavy atom. The summed E-state index contributed by atoms with van der Waals surface area (Å²) in [6.07, 6.45) is 0. The van der Waals surface area contributed by atoms with Gasteiger partial charge in [-0.1, -0.05) is 36.0 Å². The van der Waals surface area contributed by atoms with Gasteiger partial charge in [0.1, 0.15) is 17.5 Å². The molecule has 0 radical (unpaired) electrons. The van der Waals surface area contributed by atoms with E-state index in [4.69, 9.17) is 0 Å². The lowest BCUT2D eigenvalue weighted by Gasteiger charge is -2.14. The van der Waals surface area contributed by atoms with Crippen LogP contribution in [0.3, 0.4) is 0 Å². The molecule has 1 aromatic heterocycles. The maximum atomic E-state index is 14.5. The van der Waals surface area contributed by atoms with Gasteiger partial charge >= 0.3 is 0 Å². The molecule has 4 rings (SSSR count). The fourth-order valence-electron chi connectivity index (χ4n) is 2.96. The first-order valence-electron chi connectivity index (χ1n) is 9.08. The van der Waals surface area contributed by atoms with E-state index in [1.807, 2.05) is 0 Å². The molecule has 3 aromatic carbocycles. The maximum Gasteiger partial charge on any atom is 0.266 e. The molecule has 0 atom stereocenters. The predicted molar refractivity (Wildman–Crippen MR) is 113 cm³/mol. The minimum absolute atomic E-state index is 0.0153. The van der Waals surface area contributed by atoms with Crippen LogP contribution in [0.15, 0.2) is 76.7 Å². The van der Waals surface area contributed by atoms with E-state index >= 15 is 0 Å². The number of hydrogen-bond donors (Lipinski definition) is 1. The average Bonchev–Trinajstić information content (AvgIpc) is 2.75. The third-order valence-electron chi connectivity index (χ3n) is 4.38. The van der Waals surface area contributed by atoms with Crippen molar-refractivity contribution >= 4 is 34.3 Å². The van der Waals surface area contributed by atoms with Gasteiger partial charge in [-0.3, -0.25) is 14.2 Å². The normalized spacial score (nSPS) is 10.9. The van der Waals surface area contributed by atoms with E-state index in [0.717, 1.165) is 28.5 Å². The number of rotatable bonds is 5. The van der Waals surface area contributed by atoms with E-state index in [1.165, 1.54) is 18.2 Å². The Balaban J connectivity index is 1.72. The van der Waals surface area contributed by atoms with Crippen molar-refractivity contribution in [3.63, 3.8) is 0 Å². The molecule has 5 nitrogen and oxygen atoms in total. The molecule has 0 aliphatic carbocycles. The van der Waals surface area contributed by atoms with Gasteiger partial charge in [0.2, 0.25) is 5.91 Å². The lowest BCUT2D eigenvalue weighted by molar-refractivity contribution is -0.113. The number of nitrogens with zero attached hydrogens (tertiary/aromatic N) is 2. The summed E-state index contributed by atoms with van der Waals surface area (Å²) < 4.78 is 42.6. The molecule has 1 amide bonds. The Morgan fingerprint density at radius 2 is 1.71 bits per heavy atom. The van der Waals surface area contributed by atoms with Gasteiger partial charge in [-0.15, -0.1) is 0 Å². The highest BCUT2D eigenvalue weighted by atomic mass is 32.2. The standard InChI is InChI=1S/C22H14F3N3O2S/c23-13-9-10-19(16(25)11-13)28-21(30)14-5-1-3-7-17(14)27-22(28)31-12-20(29)26-18-8-4-2-6-15(18)24/h1-11H,12H2,(H,26,29). The highest BCUT2D eigenvalue weighted by Gasteiger charge is 2.18. The molecular formula is C22H14F3N3O2S. The summed E-state index contributed by atoms with van der Waals surface area (Å²) in [7, 11) is 0. The molecule has 0 aliphatic heterocycles. The van der Waals surface area contributed by atoms with Gasteiger partial charge in [0.15, 0.2) is 5.16 Å². The van der Waals surface area contributed by atoms with E-state index in [9.17, 15) is 22.8 Å². The number of anilines is 1. The second kappa shape index (κ2) is 8.65. The van der Waals surface area contributed by atoms with Crippen molar-refractivity contribution in [2.24, 2.45) is 0 Å². The van der Waals surface area contributed by atoms with Crippen molar-refractivity contribution in [1.82, 2.24) is 9.55 Å². The average molecular weight is 441 g/mol. The minimum Gasteiger partial charge on any atom is -0.323 e. The van der Waals surface area contributed by atoms with Crippen LogP contribution in [0.25, 0.3) is 16.6 Å². The number of fused-ring (bicyclic) bond motifs is 1. The van der Waals surface area contributed by atoms with Crippen LogP contribution in [0.1, 0.15) is 0 Å². The fourth-order valence-corrected chi connectivity index (χ4v) is 3.77. The number of halogens is 3. The van der Waals surface area contributed by atoms with E-state index in [1.54, 1.807) is 30.3 Å². The number of hydrogen-bond acceptors (Lipinski definition) is 4. The van der Waals surface area contributed by atoms with Crippen LogP contribution in [-0.4, -0.2) is 21.2 Å². The Labute approximate surface area is 178 Å². The van der Waals surface area contributed by atoms with E-state index in [2.05, 4.69) is 10.3 Å². The summed E-state index contributed by atoms with van der Waals surface area (Å²) in [5.74, 6) is -3.08. The van der Waals surface area contributed by atoms with Crippen molar-refractivity contribution in [1.29, 1.82) is 0 Å². The van der Waals surface area contributed by atoms with Crippen LogP contribution in [-0.2, 0) is 4.79 Å². The van der Waals surface area contributed by atoms with Crippen molar-refractivity contribution in [2.75, 3.05) is 11.1 Å². The first-order chi connectivity index (χ1) is 14.9. The zero-order valence-corrected chi connectivity index (χ0v) is 16.6. The Kier molecular flexibility index (Phi) is 5.77. The number of thioether (sulfide) groups is 1. The largest absolute Gasteiger partial charge is 0.323 e. The van der Waals surface area contributed by atoms with Crippen LogP contribution < -0.4 is 10.9 Å². The maximum absolute atomic E-state index is 14.5. The second-order valence-electron chi connectivity index (χ2n) is 6.46. The van der Waals surface area contributed by atoms with Gasteiger partial charge in [0.05, 0.1) is 28.0 Å². The van der Waals surface area contributed by atoms with Gasteiger partial charge in [0.25, 0.3) is 5.56 Å². The van der Waals surface area contributed by atoms with E-state index < -0.39 is 28.9 Å². The van der Waals surface area contributed by atoms with E-state index in [0.29, 0.717) is 11.6 Å². The number of carbonyl (C=O) groups is 1. The molecule has 9 heteroatoms. The molecule has 0 spiro atoms. The Hall–Kier alpha value is -3.59. The summed E-state index contributed by atoms with van der Waals surface area (Å²) in [6.45, 7) is 0. The zero-order chi connectivity index (χ0) is 22.0. The number of carbonyl (C=O) groups excluding carboxylic acids is 1. The fraction of sp³-hybridized carbons (Fsp3) is 0.0455. The van der Waals surface area contributed by atoms with Crippen molar-refractivity contribution < 1.29 is 18.0 Å². The predicted octanol–water partition coefficient (Wildman–Crippen LogP) is 4.53. The first kappa shape index (κ1) is 20.7. The summed E-state index contributed by atoms with van der Waals surface area (Å²) in [6, 6.07) is 15.0. The Bertz CT molecular complexity index is 1360. The molecule has 0 fully saturated rings. The second-order valence-corrected chi connectivity index (χ2v) is 7.41. The highest BCUT2D eigenvalue weighted by Crippen LogP contribution is 2.24. The summed E-state index contributed by atoms with van der Waals surface area (Å²) >= 11 is 0.874. The van der Waals surface area contributed by atoms with Crippen molar-refractivity contribution in [3.05, 3.63) is 94.5 Å². The molecule has 1 N–H and O–H groups in total. The van der Waals surface area contributed by atoms with Gasteiger partial charge in [-0.05, 0) is 36.4 Å². The van der Waals surface area contributed by atoms with Gasteiger partial charge in [-0.25, -0.2) is 18.2 Å². The lowest BCUT2D eigenvalue weighted by Crippen LogP contribution is -2.24. The van der Waals surface area contributed by atoms with Crippen molar-refractivity contribution in [2.45, 2.75) is 5.16 Å². The zero-order valence-electron chi connectivity index (χ0n) is 15.8. The number of benzene rings is 3. The quantitative estimate of drug-likeness (QED) is 0.365. The number of nitrogens with one attached hydrogen (secondary N) is 1. The molecule has 0 aliphatic rings. The summed E-state index contributed by atoms with van der Waals surface area (Å²) in [5, 5.41) is 2.72. The van der Waals surface area contributed by atoms with Crippen molar-refractivity contribution in [3.8, 4) is 5.69 Å². The summed E-state index contributed by atoms with van der Waals surface area (Å²) in [4.78, 5) is 29.8. The molecule has 31 heavy (non-hydrogen) atoms.